The maximum Gasteiger partial charge on any atom is 0.414 e. The number of fused-ring (bicyclic) bond motifs is 1. The van der Waals surface area contributed by atoms with Gasteiger partial charge in [-0.1, -0.05) is 12.1 Å². The number of carbonyl (C=O) groups excluding carboxylic acids is 2. The van der Waals surface area contributed by atoms with Crippen molar-refractivity contribution in [2.45, 2.75) is 49.8 Å². The number of carbonyl (C=O) groups is 2. The monoisotopic (exact) mass is 482 g/mol. The van der Waals surface area contributed by atoms with Crippen molar-refractivity contribution < 1.29 is 32.2 Å². The maximum atomic E-state index is 12.9. The Morgan fingerprint density at radius 2 is 1.82 bits per heavy atom. The van der Waals surface area contributed by atoms with Gasteiger partial charge in [0.1, 0.15) is 6.61 Å². The third-order valence-electron chi connectivity index (χ3n) is 7.18. The summed E-state index contributed by atoms with van der Waals surface area (Å²) in [7, 11) is 0. The number of nitrogens with zero attached hydrogens (tertiary/aromatic N) is 3. The molecule has 3 atom stereocenters. The Morgan fingerprint density at radius 3 is 2.50 bits per heavy atom. The van der Waals surface area contributed by atoms with Crippen LogP contribution in [0, 0.1) is 0 Å². The van der Waals surface area contributed by atoms with Crippen molar-refractivity contribution in [1.29, 1.82) is 0 Å². The molecule has 0 saturated carbocycles. The Bertz CT molecular complexity index is 916. The van der Waals surface area contributed by atoms with Gasteiger partial charge in [0, 0.05) is 50.9 Å². The number of ether oxygens (including phenoxy) is 2. The van der Waals surface area contributed by atoms with Crippen molar-refractivity contribution >= 4 is 17.6 Å². The highest BCUT2D eigenvalue weighted by Crippen LogP contribution is 2.32. The molecule has 5 rings (SSSR count). The molecule has 8 nitrogen and oxygen atoms in total. The molecule has 0 aliphatic carbocycles. The lowest BCUT2D eigenvalue weighted by Crippen LogP contribution is -2.63. The number of piperidine rings is 1. The fourth-order valence-corrected chi connectivity index (χ4v) is 4.98. The van der Waals surface area contributed by atoms with Gasteiger partial charge in [-0.25, -0.2) is 4.79 Å². The normalized spacial score (nSPS) is 26.9. The van der Waals surface area contributed by atoms with E-state index in [-0.39, 0.29) is 36.6 Å². The lowest BCUT2D eigenvalue weighted by atomic mass is 9.91. The van der Waals surface area contributed by atoms with Crippen LogP contribution in [0.2, 0.25) is 0 Å². The minimum Gasteiger partial charge on any atom is -0.366 e. The van der Waals surface area contributed by atoms with Crippen LogP contribution in [-0.4, -0.2) is 98.1 Å². The van der Waals surface area contributed by atoms with E-state index in [9.17, 15) is 22.8 Å². The number of halogens is 3. The van der Waals surface area contributed by atoms with E-state index in [1.165, 1.54) is 0 Å². The van der Waals surface area contributed by atoms with Crippen molar-refractivity contribution in [3.63, 3.8) is 0 Å². The van der Waals surface area contributed by atoms with E-state index in [0.29, 0.717) is 45.7 Å². The fraction of sp³-hybridized carbons (Fsp3) is 0.652. The Morgan fingerprint density at radius 1 is 1.12 bits per heavy atom. The number of urea groups is 1. The van der Waals surface area contributed by atoms with Crippen LogP contribution in [0.4, 0.5) is 23.7 Å². The van der Waals surface area contributed by atoms with E-state index in [2.05, 4.69) is 5.32 Å². The summed E-state index contributed by atoms with van der Waals surface area (Å²) in [5.41, 5.74) is 2.09. The molecule has 0 radical (unpaired) electrons. The predicted octanol–water partition coefficient (Wildman–Crippen LogP) is 1.95. The van der Waals surface area contributed by atoms with Crippen LogP contribution in [0.15, 0.2) is 24.3 Å². The number of nitrogens with one attached hydrogen (secondary N) is 1. The molecule has 1 unspecified atom stereocenters. The topological polar surface area (TPSA) is 74.3 Å². The van der Waals surface area contributed by atoms with Crippen molar-refractivity contribution in [3.05, 3.63) is 29.8 Å². The van der Waals surface area contributed by atoms with Crippen LogP contribution in [0.1, 0.15) is 24.8 Å². The first-order valence-corrected chi connectivity index (χ1v) is 11.7. The molecule has 3 amide bonds. The molecule has 1 aromatic rings. The first-order chi connectivity index (χ1) is 16.2. The molecule has 186 valence electrons. The predicted molar refractivity (Wildman–Crippen MR) is 117 cm³/mol. The number of benzene rings is 1. The van der Waals surface area contributed by atoms with E-state index in [1.807, 2.05) is 34.1 Å². The highest BCUT2D eigenvalue weighted by atomic mass is 19.4. The van der Waals surface area contributed by atoms with E-state index in [1.54, 1.807) is 4.90 Å². The van der Waals surface area contributed by atoms with E-state index >= 15 is 0 Å². The second-order valence-corrected chi connectivity index (χ2v) is 9.58. The Labute approximate surface area is 195 Å². The fourth-order valence-electron chi connectivity index (χ4n) is 4.98. The Balaban J connectivity index is 1.07. The van der Waals surface area contributed by atoms with Crippen LogP contribution in [0.5, 0.6) is 0 Å². The molecule has 0 spiro atoms. The zero-order valence-corrected chi connectivity index (χ0v) is 19.0. The maximum absolute atomic E-state index is 12.9. The molecule has 1 N–H and O–H groups in total. The largest absolute Gasteiger partial charge is 0.414 e. The zero-order valence-electron chi connectivity index (χ0n) is 19.0. The van der Waals surface area contributed by atoms with Gasteiger partial charge in [0.2, 0.25) is 5.91 Å². The number of alkyl halides is 3. The second-order valence-electron chi connectivity index (χ2n) is 9.58. The van der Waals surface area contributed by atoms with E-state index in [4.69, 9.17) is 9.47 Å². The molecular weight excluding hydrogens is 453 g/mol. The second kappa shape index (κ2) is 8.92. The summed E-state index contributed by atoms with van der Waals surface area (Å²) >= 11 is 0. The van der Waals surface area contributed by atoms with Gasteiger partial charge < -0.3 is 29.5 Å². The SMILES string of the molecule is CC(OC1CN(c2ccc(C3CN(C(=O)N4CC[C@@H]5OCC(=O)N[C@@H]5C4)C3)cc2)C1)C(F)(F)F. The van der Waals surface area contributed by atoms with E-state index in [0.717, 1.165) is 18.2 Å². The summed E-state index contributed by atoms with van der Waals surface area (Å²) in [4.78, 5) is 30.1. The molecule has 4 heterocycles. The number of likely N-dealkylation sites (tertiary alicyclic amines) is 2. The van der Waals surface area contributed by atoms with Crippen LogP contribution in [0.3, 0.4) is 0 Å². The summed E-state index contributed by atoms with van der Waals surface area (Å²) < 4.78 is 48.5. The standard InChI is InChI=1S/C23H29F3N4O4/c1-14(23(24,25)26)34-18-10-29(11-18)17-4-2-15(3-5-17)16-8-30(9-16)22(32)28-7-6-20-19(12-28)27-21(31)13-33-20/h2-5,14,16,18-20H,6-13H2,1H3,(H,27,31)/t14?,19-,20+/m1/s1. The lowest BCUT2D eigenvalue weighted by molar-refractivity contribution is -0.228. The summed E-state index contributed by atoms with van der Waals surface area (Å²) in [5, 5.41) is 2.92. The van der Waals surface area contributed by atoms with Gasteiger partial charge in [-0.2, -0.15) is 13.2 Å². The van der Waals surface area contributed by atoms with Crippen molar-refractivity contribution in [2.24, 2.45) is 0 Å². The third-order valence-corrected chi connectivity index (χ3v) is 7.18. The average Bonchev–Trinajstić information content (AvgIpc) is 2.74. The quantitative estimate of drug-likeness (QED) is 0.710. The number of amides is 3. The van der Waals surface area contributed by atoms with Gasteiger partial charge in [0.05, 0.1) is 18.2 Å². The highest BCUT2D eigenvalue weighted by Gasteiger charge is 2.42. The van der Waals surface area contributed by atoms with Crippen molar-refractivity contribution in [3.8, 4) is 0 Å². The van der Waals surface area contributed by atoms with Crippen molar-refractivity contribution in [2.75, 3.05) is 50.8 Å². The first-order valence-electron chi connectivity index (χ1n) is 11.7. The number of rotatable bonds is 4. The van der Waals surface area contributed by atoms with E-state index < -0.39 is 18.4 Å². The molecule has 0 aromatic heterocycles. The minimum absolute atomic E-state index is 0.00847. The summed E-state index contributed by atoms with van der Waals surface area (Å²) in [6, 6.07) is 7.83. The van der Waals surface area contributed by atoms with Gasteiger partial charge in [-0.15, -0.1) is 0 Å². The molecule has 0 bridgehead atoms. The van der Waals surface area contributed by atoms with Crippen LogP contribution < -0.4 is 10.2 Å². The zero-order chi connectivity index (χ0) is 24.0. The third kappa shape index (κ3) is 4.68. The molecule has 4 aliphatic heterocycles. The first kappa shape index (κ1) is 23.2. The Kier molecular flexibility index (Phi) is 6.09. The molecule has 4 fully saturated rings. The van der Waals surface area contributed by atoms with Gasteiger partial charge in [-0.05, 0) is 31.0 Å². The summed E-state index contributed by atoms with van der Waals surface area (Å²) in [6.45, 7) is 4.37. The van der Waals surface area contributed by atoms with Gasteiger partial charge in [0.25, 0.3) is 0 Å². The highest BCUT2D eigenvalue weighted by molar-refractivity contribution is 5.79. The van der Waals surface area contributed by atoms with Gasteiger partial charge in [0.15, 0.2) is 6.10 Å². The molecule has 34 heavy (non-hydrogen) atoms. The lowest BCUT2D eigenvalue weighted by Gasteiger charge is -2.46. The van der Waals surface area contributed by atoms with Crippen LogP contribution >= 0.6 is 0 Å². The number of morpholine rings is 1. The van der Waals surface area contributed by atoms with Crippen LogP contribution in [0.25, 0.3) is 0 Å². The molecular formula is C23H29F3N4O4. The molecule has 1 aromatic carbocycles. The molecule has 4 aliphatic rings. The number of anilines is 1. The number of hydrogen-bond acceptors (Lipinski definition) is 5. The Hall–Kier alpha value is -2.53. The summed E-state index contributed by atoms with van der Waals surface area (Å²) in [6.07, 6.45) is -5.82. The number of hydrogen-bond donors (Lipinski definition) is 1. The summed E-state index contributed by atoms with van der Waals surface area (Å²) in [5.74, 6) is 0.119. The minimum atomic E-state index is -4.34. The molecule has 4 saturated heterocycles. The van der Waals surface area contributed by atoms with Gasteiger partial charge in [-0.3, -0.25) is 4.79 Å². The van der Waals surface area contributed by atoms with Gasteiger partial charge >= 0.3 is 12.2 Å². The van der Waals surface area contributed by atoms with Crippen molar-refractivity contribution in [1.82, 2.24) is 15.1 Å². The average molecular weight is 483 g/mol. The molecule has 11 heteroatoms. The smallest absolute Gasteiger partial charge is 0.366 e. The van der Waals surface area contributed by atoms with Crippen LogP contribution in [-0.2, 0) is 14.3 Å².